The van der Waals surface area contributed by atoms with Gasteiger partial charge in [0.05, 0.1) is 40.3 Å². The van der Waals surface area contributed by atoms with Crippen LogP contribution in [0, 0.1) is 29.0 Å². The molecule has 9 nitrogen and oxygen atoms in total. The monoisotopic (exact) mass is 811 g/mol. The number of ether oxygens (including phenoxy) is 1. The van der Waals surface area contributed by atoms with E-state index in [1.54, 1.807) is 0 Å². The molecule has 3 aromatic rings. The molecule has 0 spiro atoms. The van der Waals surface area contributed by atoms with Gasteiger partial charge >= 0.3 is 6.09 Å². The molecule has 0 radical (unpaired) electrons. The van der Waals surface area contributed by atoms with Gasteiger partial charge in [-0.25, -0.2) is 14.2 Å². The molecule has 2 saturated carbocycles. The van der Waals surface area contributed by atoms with Gasteiger partial charge in [-0.1, -0.05) is 20.8 Å². The number of thioether (sulfide) groups is 1. The molecule has 5 heterocycles. The zero-order chi connectivity index (χ0) is 37.7. The highest BCUT2D eigenvalue weighted by Gasteiger charge is 2.57. The lowest BCUT2D eigenvalue weighted by atomic mass is 9.79. The van der Waals surface area contributed by atoms with Crippen molar-refractivity contribution in [1.82, 2.24) is 19.4 Å². The zero-order valence-corrected chi connectivity index (χ0v) is 35.2. The van der Waals surface area contributed by atoms with Crippen LogP contribution in [0.4, 0.5) is 9.18 Å². The van der Waals surface area contributed by atoms with Gasteiger partial charge in [-0.2, -0.15) is 5.26 Å². The number of rotatable bonds is 8. The predicted molar refractivity (Wildman–Crippen MR) is 208 cm³/mol. The topological polar surface area (TPSA) is 101 Å². The summed E-state index contributed by atoms with van der Waals surface area (Å²) < 4.78 is 32.0. The van der Waals surface area contributed by atoms with Crippen LogP contribution >= 0.6 is 27.7 Å². The minimum absolute atomic E-state index is 0.0149. The Labute approximate surface area is 320 Å². The minimum Gasteiger partial charge on any atom is -0.444 e. The maximum Gasteiger partial charge on any atom is 0.410 e. The zero-order valence-electron chi connectivity index (χ0n) is 31.8. The summed E-state index contributed by atoms with van der Waals surface area (Å²) in [5, 5.41) is 11.7. The SMILES string of the molecule is CSc1nc2c(F)c(Br)c(CCC#N)cc2c2c1cc([C@H]1C[C@@H](O[Si](C)(C)C(C)(C)C)CN1C(=O)C1CC1)n2[C@H]1[C@@H]2C[C@H]1N(C(=O)OC(C)(C)C)C2. The first kappa shape index (κ1) is 37.6. The van der Waals surface area contributed by atoms with E-state index in [-0.39, 0.29) is 65.0 Å². The number of fused-ring (bicyclic) bond motifs is 4. The smallest absolute Gasteiger partial charge is 0.410 e. The summed E-state index contributed by atoms with van der Waals surface area (Å²) in [7, 11) is -2.16. The number of benzene rings is 1. The van der Waals surface area contributed by atoms with Gasteiger partial charge in [0.2, 0.25) is 5.91 Å². The predicted octanol–water partition coefficient (Wildman–Crippen LogP) is 9.52. The van der Waals surface area contributed by atoms with Crippen molar-refractivity contribution in [2.45, 2.75) is 133 Å². The van der Waals surface area contributed by atoms with E-state index < -0.39 is 19.7 Å². The summed E-state index contributed by atoms with van der Waals surface area (Å²) in [5.74, 6) is -0.0672. The van der Waals surface area contributed by atoms with Gasteiger partial charge in [0.1, 0.15) is 16.1 Å². The molecular formula is C39H51BrFN5O4SSi. The van der Waals surface area contributed by atoms with Crippen LogP contribution in [-0.4, -0.2) is 76.8 Å². The number of aromatic nitrogens is 2. The molecule has 3 saturated heterocycles. The Kier molecular flexibility index (Phi) is 9.61. The molecule has 0 N–H and O–H groups in total. The van der Waals surface area contributed by atoms with Crippen LogP contribution in [0.25, 0.3) is 21.8 Å². The van der Waals surface area contributed by atoms with Gasteiger partial charge < -0.3 is 23.5 Å². The van der Waals surface area contributed by atoms with E-state index >= 15 is 4.39 Å². The molecule has 1 aromatic carbocycles. The molecule has 0 unspecified atom stereocenters. The summed E-state index contributed by atoms with van der Waals surface area (Å²) in [6.07, 6.45) is 5.48. The number of carbonyl (C=O) groups is 2. The van der Waals surface area contributed by atoms with E-state index in [9.17, 15) is 14.9 Å². The van der Waals surface area contributed by atoms with Crippen molar-refractivity contribution in [1.29, 1.82) is 5.26 Å². The van der Waals surface area contributed by atoms with Crippen LogP contribution in [0.1, 0.15) is 97.0 Å². The van der Waals surface area contributed by atoms with Crippen LogP contribution < -0.4 is 0 Å². The second-order valence-electron chi connectivity index (χ2n) is 17.7. The number of aryl methyl sites for hydroxylation is 1. The van der Waals surface area contributed by atoms with E-state index in [0.717, 1.165) is 35.9 Å². The molecule has 52 heavy (non-hydrogen) atoms. The second kappa shape index (κ2) is 13.3. The molecule has 2 aliphatic carbocycles. The molecule has 8 rings (SSSR count). The van der Waals surface area contributed by atoms with Crippen molar-refractivity contribution in [3.05, 3.63) is 33.7 Å². The van der Waals surface area contributed by atoms with E-state index in [0.29, 0.717) is 46.4 Å². The van der Waals surface area contributed by atoms with Gasteiger partial charge in [0.25, 0.3) is 0 Å². The standard InChI is InChI=1S/C39H51BrFN5O4SSi/c1-38(2,3)49-37(48)45-19-23-16-29(45)33(23)46-28(27-17-24(50-52(8,9)39(4,5)6)20-44(27)36(47)21-12-13-21)18-26-34(46)25-15-22(11-10-14-42)30(40)31(41)32(25)43-35(26)51-7/h15,18,21,23-24,27,29,33H,10-13,16-17,19-20H2,1-9H3/t23-,24-,27-,29-,33+/m1/s1. The van der Waals surface area contributed by atoms with E-state index in [1.807, 2.05) is 38.0 Å². The summed E-state index contributed by atoms with van der Waals surface area (Å²) in [4.78, 5) is 36.6. The highest BCUT2D eigenvalue weighted by atomic mass is 79.9. The molecular weight excluding hydrogens is 762 g/mol. The molecule has 5 fully saturated rings. The van der Waals surface area contributed by atoms with Gasteiger partial charge in [-0.05, 0) is 104 Å². The molecule has 5 aliphatic rings. The van der Waals surface area contributed by atoms with Crippen molar-refractivity contribution in [3.63, 3.8) is 0 Å². The normalized spacial score (nSPS) is 24.8. The molecule has 13 heteroatoms. The first-order valence-corrected chi connectivity index (χ1v) is 23.5. The summed E-state index contributed by atoms with van der Waals surface area (Å²) in [6, 6.07) is 5.92. The second-order valence-corrected chi connectivity index (χ2v) is 24.1. The van der Waals surface area contributed by atoms with E-state index in [4.69, 9.17) is 14.1 Å². The Morgan fingerprint density at radius 2 is 1.81 bits per heavy atom. The fraction of sp³-hybridized carbons (Fsp3) is 0.641. The van der Waals surface area contributed by atoms with Crippen molar-refractivity contribution in [2.24, 2.45) is 11.8 Å². The maximum absolute atomic E-state index is 16.4. The Hall–Kier alpha value is -2.66. The van der Waals surface area contributed by atoms with Crippen LogP contribution in [-0.2, 0) is 20.4 Å². The fourth-order valence-electron chi connectivity index (χ4n) is 8.28. The van der Waals surface area contributed by atoms with Crippen LogP contribution in [0.2, 0.25) is 18.1 Å². The molecule has 3 aliphatic heterocycles. The number of carbonyl (C=O) groups excluding carboxylic acids is 2. The van der Waals surface area contributed by atoms with E-state index in [2.05, 4.69) is 71.4 Å². The Morgan fingerprint density at radius 3 is 2.42 bits per heavy atom. The Bertz CT molecular complexity index is 2000. The number of amides is 2. The van der Waals surface area contributed by atoms with Gasteiger partial charge in [0, 0.05) is 54.2 Å². The summed E-state index contributed by atoms with van der Waals surface area (Å²) in [5.41, 5.74) is 2.21. The van der Waals surface area contributed by atoms with Crippen molar-refractivity contribution in [2.75, 3.05) is 19.3 Å². The molecule has 2 aromatic heterocycles. The number of pyridine rings is 1. The lowest BCUT2D eigenvalue weighted by Gasteiger charge is -2.40. The first-order valence-electron chi connectivity index (χ1n) is 18.6. The average molecular weight is 813 g/mol. The Balaban J connectivity index is 1.44. The van der Waals surface area contributed by atoms with E-state index in [1.165, 1.54) is 11.8 Å². The van der Waals surface area contributed by atoms with Gasteiger partial charge in [0.15, 0.2) is 14.1 Å². The molecule has 5 atom stereocenters. The highest BCUT2D eigenvalue weighted by Crippen LogP contribution is 2.55. The third-order valence-electron chi connectivity index (χ3n) is 12.0. The first-order chi connectivity index (χ1) is 24.3. The quantitative estimate of drug-likeness (QED) is 0.165. The molecule has 2 amide bonds. The minimum atomic E-state index is -2.16. The summed E-state index contributed by atoms with van der Waals surface area (Å²) >= 11 is 4.96. The maximum atomic E-state index is 16.4. The average Bonchev–Trinajstić information content (AvgIpc) is 3.34. The third kappa shape index (κ3) is 6.47. The molecule has 2 bridgehead atoms. The lowest BCUT2D eigenvalue weighted by molar-refractivity contribution is -0.133. The fourth-order valence-corrected chi connectivity index (χ4v) is 10.7. The van der Waals surface area contributed by atoms with Crippen LogP contribution in [0.3, 0.4) is 0 Å². The van der Waals surface area contributed by atoms with Crippen molar-refractivity contribution >= 4 is 69.8 Å². The highest BCUT2D eigenvalue weighted by molar-refractivity contribution is 9.10. The van der Waals surface area contributed by atoms with Crippen molar-refractivity contribution < 1.29 is 23.1 Å². The Morgan fingerprint density at radius 1 is 1.10 bits per heavy atom. The lowest BCUT2D eigenvalue weighted by Crippen LogP contribution is -2.45. The van der Waals surface area contributed by atoms with Gasteiger partial charge in [-0.15, -0.1) is 11.8 Å². The van der Waals surface area contributed by atoms with Gasteiger partial charge in [-0.3, -0.25) is 4.79 Å². The van der Waals surface area contributed by atoms with Crippen molar-refractivity contribution in [3.8, 4) is 6.07 Å². The van der Waals surface area contributed by atoms with Crippen LogP contribution in [0.15, 0.2) is 21.6 Å². The number of nitriles is 1. The summed E-state index contributed by atoms with van der Waals surface area (Å²) in [6.45, 7) is 18.0. The largest absolute Gasteiger partial charge is 0.444 e. The third-order valence-corrected chi connectivity index (χ3v) is 18.1. The van der Waals surface area contributed by atoms with Crippen LogP contribution in [0.5, 0.6) is 0 Å². The number of hydrogen-bond donors (Lipinski definition) is 0. The number of hydrogen-bond acceptors (Lipinski definition) is 7. The molecule has 280 valence electrons. The number of likely N-dealkylation sites (tertiary alicyclic amines) is 1. The number of halogens is 2. The number of nitrogens with zero attached hydrogens (tertiary/aromatic N) is 5.